The number of nitrogens with two attached hydrogens (primary N) is 1. The first-order valence-corrected chi connectivity index (χ1v) is 6.78. The average molecular weight is 224 g/mol. The molecule has 0 atom stereocenters. The molecule has 3 nitrogen and oxygen atoms in total. The van der Waals surface area contributed by atoms with Crippen LogP contribution < -0.4 is 11.1 Å². The van der Waals surface area contributed by atoms with Crippen LogP contribution in [0.3, 0.4) is 0 Å². The van der Waals surface area contributed by atoms with Gasteiger partial charge in [-0.05, 0) is 31.6 Å². The monoisotopic (exact) mass is 224 g/mol. The van der Waals surface area contributed by atoms with Crippen LogP contribution in [0.5, 0.6) is 0 Å². The van der Waals surface area contributed by atoms with Crippen LogP contribution in [0, 0.1) is 5.92 Å². The van der Waals surface area contributed by atoms with E-state index in [1.54, 1.807) is 0 Å². The standard InChI is InChI=1S/C13H24N2O/c14-13(8-4-5-9-13)12(16)15-10-11-6-2-1-3-7-11/h11H,1-10,14H2,(H,15,16). The van der Waals surface area contributed by atoms with Gasteiger partial charge in [0.15, 0.2) is 0 Å². The van der Waals surface area contributed by atoms with Gasteiger partial charge < -0.3 is 11.1 Å². The van der Waals surface area contributed by atoms with Crippen LogP contribution in [0.25, 0.3) is 0 Å². The molecule has 0 bridgehead atoms. The number of carbonyl (C=O) groups excluding carboxylic acids is 1. The van der Waals surface area contributed by atoms with E-state index >= 15 is 0 Å². The van der Waals surface area contributed by atoms with Crippen molar-refractivity contribution in [3.05, 3.63) is 0 Å². The van der Waals surface area contributed by atoms with Crippen molar-refractivity contribution < 1.29 is 4.79 Å². The van der Waals surface area contributed by atoms with Crippen molar-refractivity contribution in [2.75, 3.05) is 6.54 Å². The highest BCUT2D eigenvalue weighted by Crippen LogP contribution is 2.28. The van der Waals surface area contributed by atoms with Crippen LogP contribution in [0.4, 0.5) is 0 Å². The Morgan fingerprint density at radius 1 is 1.12 bits per heavy atom. The third kappa shape index (κ3) is 2.76. The molecule has 0 aromatic heterocycles. The molecule has 0 heterocycles. The molecule has 2 saturated carbocycles. The minimum Gasteiger partial charge on any atom is -0.354 e. The summed E-state index contributed by atoms with van der Waals surface area (Å²) in [6.45, 7) is 0.845. The Hall–Kier alpha value is -0.570. The lowest BCUT2D eigenvalue weighted by molar-refractivity contribution is -0.126. The smallest absolute Gasteiger partial charge is 0.240 e. The molecule has 0 unspecified atom stereocenters. The van der Waals surface area contributed by atoms with Crippen molar-refractivity contribution in [2.24, 2.45) is 11.7 Å². The van der Waals surface area contributed by atoms with Crippen LogP contribution in [-0.2, 0) is 4.79 Å². The molecule has 0 aromatic rings. The highest BCUT2D eigenvalue weighted by molar-refractivity contribution is 5.86. The topological polar surface area (TPSA) is 55.1 Å². The Labute approximate surface area is 98.2 Å². The van der Waals surface area contributed by atoms with Crippen LogP contribution >= 0.6 is 0 Å². The van der Waals surface area contributed by atoms with Gasteiger partial charge in [-0.15, -0.1) is 0 Å². The zero-order valence-electron chi connectivity index (χ0n) is 10.1. The van der Waals surface area contributed by atoms with E-state index in [1.165, 1.54) is 32.1 Å². The summed E-state index contributed by atoms with van der Waals surface area (Å²) >= 11 is 0. The highest BCUT2D eigenvalue weighted by atomic mass is 16.2. The number of nitrogens with one attached hydrogen (secondary N) is 1. The first-order valence-electron chi connectivity index (χ1n) is 6.78. The van der Waals surface area contributed by atoms with Crippen LogP contribution in [0.1, 0.15) is 57.8 Å². The summed E-state index contributed by atoms with van der Waals surface area (Å²) in [4.78, 5) is 12.0. The second-order valence-corrected chi connectivity index (χ2v) is 5.58. The first kappa shape index (κ1) is 11.9. The predicted molar refractivity (Wildman–Crippen MR) is 65.0 cm³/mol. The Morgan fingerprint density at radius 2 is 1.75 bits per heavy atom. The first-order chi connectivity index (χ1) is 7.71. The van der Waals surface area contributed by atoms with Gasteiger partial charge in [-0.25, -0.2) is 0 Å². The average Bonchev–Trinajstić information content (AvgIpc) is 2.76. The number of hydrogen-bond acceptors (Lipinski definition) is 2. The maximum absolute atomic E-state index is 12.0. The quantitative estimate of drug-likeness (QED) is 0.770. The van der Waals surface area contributed by atoms with Gasteiger partial charge in [0.05, 0.1) is 5.54 Å². The summed E-state index contributed by atoms with van der Waals surface area (Å²) in [6, 6.07) is 0. The van der Waals surface area contributed by atoms with E-state index in [1.807, 2.05) is 0 Å². The molecule has 2 aliphatic carbocycles. The molecule has 3 heteroatoms. The van der Waals surface area contributed by atoms with Crippen molar-refractivity contribution >= 4 is 5.91 Å². The van der Waals surface area contributed by atoms with Gasteiger partial charge in [-0.1, -0.05) is 32.1 Å². The molecule has 2 rings (SSSR count). The lowest BCUT2D eigenvalue weighted by atomic mass is 9.89. The van der Waals surface area contributed by atoms with Crippen LogP contribution in [0.15, 0.2) is 0 Å². The molecule has 0 spiro atoms. The molecule has 1 amide bonds. The molecule has 92 valence electrons. The fourth-order valence-electron chi connectivity index (χ4n) is 3.04. The Bertz CT molecular complexity index is 240. The van der Waals surface area contributed by atoms with E-state index in [0.717, 1.165) is 32.2 Å². The summed E-state index contributed by atoms with van der Waals surface area (Å²) in [6.07, 6.45) is 10.5. The van der Waals surface area contributed by atoms with Gasteiger partial charge in [0.25, 0.3) is 0 Å². The van der Waals surface area contributed by atoms with Crippen molar-refractivity contribution in [1.29, 1.82) is 0 Å². The zero-order chi connectivity index (χ0) is 11.4. The normalized spacial score (nSPS) is 25.6. The van der Waals surface area contributed by atoms with Gasteiger partial charge in [-0.3, -0.25) is 4.79 Å². The lowest BCUT2D eigenvalue weighted by Gasteiger charge is -2.26. The third-order valence-electron chi connectivity index (χ3n) is 4.22. The summed E-state index contributed by atoms with van der Waals surface area (Å²) in [7, 11) is 0. The summed E-state index contributed by atoms with van der Waals surface area (Å²) in [5.74, 6) is 0.790. The van der Waals surface area contributed by atoms with E-state index in [2.05, 4.69) is 5.32 Å². The second-order valence-electron chi connectivity index (χ2n) is 5.58. The number of carbonyl (C=O) groups is 1. The minimum absolute atomic E-state index is 0.0931. The van der Waals surface area contributed by atoms with E-state index in [0.29, 0.717) is 5.92 Å². The van der Waals surface area contributed by atoms with E-state index in [-0.39, 0.29) is 5.91 Å². The SMILES string of the molecule is NC1(C(=O)NCC2CCCCC2)CCCC1. The zero-order valence-corrected chi connectivity index (χ0v) is 10.1. The Morgan fingerprint density at radius 3 is 2.38 bits per heavy atom. The van der Waals surface area contributed by atoms with Gasteiger partial charge in [-0.2, -0.15) is 0 Å². The molecule has 0 aliphatic heterocycles. The second kappa shape index (κ2) is 5.17. The van der Waals surface area contributed by atoms with Crippen molar-refractivity contribution in [3.8, 4) is 0 Å². The van der Waals surface area contributed by atoms with Gasteiger partial charge in [0, 0.05) is 6.54 Å². The fourth-order valence-corrected chi connectivity index (χ4v) is 3.04. The van der Waals surface area contributed by atoms with Gasteiger partial charge in [0.1, 0.15) is 0 Å². The molecule has 2 aliphatic rings. The van der Waals surface area contributed by atoms with Crippen molar-refractivity contribution in [2.45, 2.75) is 63.3 Å². The molecule has 2 fully saturated rings. The number of amides is 1. The lowest BCUT2D eigenvalue weighted by Crippen LogP contribution is -2.52. The molecular formula is C13H24N2O. The molecule has 0 aromatic carbocycles. The minimum atomic E-state index is -0.547. The van der Waals surface area contributed by atoms with E-state index < -0.39 is 5.54 Å². The number of rotatable bonds is 3. The molecule has 3 N–H and O–H groups in total. The molecular weight excluding hydrogens is 200 g/mol. The fraction of sp³-hybridized carbons (Fsp3) is 0.923. The maximum Gasteiger partial charge on any atom is 0.240 e. The van der Waals surface area contributed by atoms with Crippen LogP contribution in [-0.4, -0.2) is 18.0 Å². The summed E-state index contributed by atoms with van der Waals surface area (Å²) in [5.41, 5.74) is 5.56. The predicted octanol–water partition coefficient (Wildman–Crippen LogP) is 1.95. The highest BCUT2D eigenvalue weighted by Gasteiger charge is 2.36. The largest absolute Gasteiger partial charge is 0.354 e. The van der Waals surface area contributed by atoms with E-state index in [4.69, 9.17) is 5.73 Å². The summed E-state index contributed by atoms with van der Waals surface area (Å²) in [5, 5.41) is 3.07. The molecule has 0 radical (unpaired) electrons. The molecule has 16 heavy (non-hydrogen) atoms. The van der Waals surface area contributed by atoms with Crippen molar-refractivity contribution in [1.82, 2.24) is 5.32 Å². The Kier molecular flexibility index (Phi) is 3.85. The molecule has 0 saturated heterocycles. The van der Waals surface area contributed by atoms with Crippen LogP contribution in [0.2, 0.25) is 0 Å². The van der Waals surface area contributed by atoms with Crippen molar-refractivity contribution in [3.63, 3.8) is 0 Å². The Balaban J connectivity index is 1.74. The third-order valence-corrected chi connectivity index (χ3v) is 4.22. The van der Waals surface area contributed by atoms with Gasteiger partial charge >= 0.3 is 0 Å². The van der Waals surface area contributed by atoms with E-state index in [9.17, 15) is 4.79 Å². The maximum atomic E-state index is 12.0. The number of hydrogen-bond donors (Lipinski definition) is 2. The van der Waals surface area contributed by atoms with Gasteiger partial charge in [0.2, 0.25) is 5.91 Å². The summed E-state index contributed by atoms with van der Waals surface area (Å²) < 4.78 is 0.